The third-order valence-electron chi connectivity index (χ3n) is 9.22. The number of aromatic nitrogens is 2. The summed E-state index contributed by atoms with van der Waals surface area (Å²) in [4.78, 5) is 28.5. The van der Waals surface area contributed by atoms with Crippen LogP contribution in [0.25, 0.3) is 0 Å². The molecule has 1 aromatic heterocycles. The molecule has 2 aromatic rings. The Morgan fingerprint density at radius 2 is 2.05 bits per heavy atom. The van der Waals surface area contributed by atoms with E-state index in [1.54, 1.807) is 4.90 Å². The number of fused-ring (bicyclic) bond motifs is 3. The summed E-state index contributed by atoms with van der Waals surface area (Å²) in [5.74, 6) is 1.26. The van der Waals surface area contributed by atoms with Crippen molar-refractivity contribution in [1.82, 2.24) is 19.8 Å². The van der Waals surface area contributed by atoms with Crippen molar-refractivity contribution >= 4 is 11.7 Å². The number of amides is 1. The zero-order valence-corrected chi connectivity index (χ0v) is 24.3. The summed E-state index contributed by atoms with van der Waals surface area (Å²) in [5.41, 5.74) is 3.36. The maximum atomic E-state index is 12.5. The molecule has 0 unspecified atom stereocenters. The monoisotopic (exact) mass is 556 g/mol. The molecule has 0 N–H and O–H groups in total. The molecule has 1 amide bonds. The van der Waals surface area contributed by atoms with E-state index in [9.17, 15) is 10.1 Å². The highest BCUT2D eigenvalue weighted by atomic mass is 16.5. The molecule has 4 aliphatic rings. The van der Waals surface area contributed by atoms with Crippen molar-refractivity contribution in [2.75, 3.05) is 51.8 Å². The van der Waals surface area contributed by atoms with E-state index in [2.05, 4.69) is 60.8 Å². The fraction of sp³-hybridized carbons (Fsp3) is 0.562. The quantitative estimate of drug-likeness (QED) is 0.453. The second-order valence-electron chi connectivity index (χ2n) is 12.4. The van der Waals surface area contributed by atoms with Crippen LogP contribution in [-0.4, -0.2) is 78.6 Å². The van der Waals surface area contributed by atoms with Crippen LogP contribution in [0, 0.1) is 16.7 Å². The van der Waals surface area contributed by atoms with Gasteiger partial charge in [0.1, 0.15) is 11.4 Å². The summed E-state index contributed by atoms with van der Waals surface area (Å²) in [6.45, 7) is 6.79. The van der Waals surface area contributed by atoms with Crippen molar-refractivity contribution in [3.8, 4) is 18.0 Å². The van der Waals surface area contributed by atoms with E-state index in [1.165, 1.54) is 17.2 Å². The summed E-state index contributed by atoms with van der Waals surface area (Å²) in [5, 5.41) is 9.52. The Hall–Kier alpha value is -3.64. The molecule has 41 heavy (non-hydrogen) atoms. The summed E-state index contributed by atoms with van der Waals surface area (Å²) in [6, 6.07) is 11.0. The summed E-state index contributed by atoms with van der Waals surface area (Å²) in [6.07, 6.45) is 8.59. The Labute approximate surface area is 242 Å². The zero-order valence-electron chi connectivity index (χ0n) is 24.3. The highest BCUT2D eigenvalue weighted by Gasteiger charge is 2.46. The van der Waals surface area contributed by atoms with E-state index in [0.717, 1.165) is 62.9 Å². The first kappa shape index (κ1) is 27.5. The van der Waals surface area contributed by atoms with Crippen LogP contribution >= 0.6 is 0 Å². The van der Waals surface area contributed by atoms with E-state index >= 15 is 0 Å². The molecule has 216 valence electrons. The van der Waals surface area contributed by atoms with Crippen molar-refractivity contribution in [3.05, 3.63) is 53.6 Å². The molecule has 1 spiro atoms. The van der Waals surface area contributed by atoms with E-state index in [0.29, 0.717) is 38.1 Å². The van der Waals surface area contributed by atoms with Crippen LogP contribution in [0.2, 0.25) is 0 Å². The molecule has 6 rings (SSSR count). The van der Waals surface area contributed by atoms with Gasteiger partial charge in [0, 0.05) is 31.6 Å². The maximum Gasteiger partial charge on any atom is 0.321 e. The number of rotatable bonds is 8. The maximum absolute atomic E-state index is 12.5. The van der Waals surface area contributed by atoms with Gasteiger partial charge < -0.3 is 24.2 Å². The van der Waals surface area contributed by atoms with Crippen molar-refractivity contribution in [2.45, 2.75) is 63.0 Å². The van der Waals surface area contributed by atoms with Crippen LogP contribution in [0.15, 0.2) is 36.9 Å². The van der Waals surface area contributed by atoms with Gasteiger partial charge in [0.05, 0.1) is 30.7 Å². The van der Waals surface area contributed by atoms with Gasteiger partial charge in [0.25, 0.3) is 0 Å². The van der Waals surface area contributed by atoms with Gasteiger partial charge in [-0.2, -0.15) is 15.2 Å². The Kier molecular flexibility index (Phi) is 7.37. The van der Waals surface area contributed by atoms with E-state index in [4.69, 9.17) is 19.4 Å². The van der Waals surface area contributed by atoms with E-state index < -0.39 is 5.60 Å². The van der Waals surface area contributed by atoms with Gasteiger partial charge in [-0.25, -0.2) is 0 Å². The predicted octanol–water partition coefficient (Wildman–Crippen LogP) is 3.87. The molecule has 3 heterocycles. The van der Waals surface area contributed by atoms with E-state index in [-0.39, 0.29) is 23.8 Å². The number of hydrogen-bond acceptors (Lipinski definition) is 8. The molecular weight excluding hydrogens is 516 g/mol. The second-order valence-corrected chi connectivity index (χ2v) is 12.4. The molecular formula is C32H40N6O3. The van der Waals surface area contributed by atoms with Crippen LogP contribution in [0.1, 0.15) is 55.2 Å². The number of benzene rings is 1. The first-order valence-electron chi connectivity index (χ1n) is 14.9. The molecule has 1 saturated carbocycles. The SMILES string of the molecule is C=CC(=O)N1CCN(c2nc(OCC3(CN(C)C)CC3)nc3c2CC[C@@]2(CCCc4ccccc42)O3)C[C@@H]1CC#N. The Morgan fingerprint density at radius 3 is 2.80 bits per heavy atom. The number of anilines is 1. The van der Waals surface area contributed by atoms with Gasteiger partial charge in [0.15, 0.2) is 0 Å². The van der Waals surface area contributed by atoms with Gasteiger partial charge in [-0.3, -0.25) is 4.79 Å². The number of hydrogen-bond donors (Lipinski definition) is 0. The summed E-state index contributed by atoms with van der Waals surface area (Å²) >= 11 is 0. The number of ether oxygens (including phenoxy) is 2. The lowest BCUT2D eigenvalue weighted by molar-refractivity contribution is -0.128. The van der Waals surface area contributed by atoms with Crippen molar-refractivity contribution in [3.63, 3.8) is 0 Å². The topological polar surface area (TPSA) is 94.8 Å². The van der Waals surface area contributed by atoms with Crippen LogP contribution in [0.4, 0.5) is 5.82 Å². The standard InChI is InChI=1S/C32H40N6O3/c1-4-27(39)38-19-18-37(20-24(38)12-17-33)28-25-11-14-32(13-7-9-23-8-5-6-10-26(23)32)41-29(25)35-30(34-28)40-22-31(15-16-31)21-36(2)3/h4-6,8,10,24H,1,7,9,11-16,18-22H2,2-3H3/t24-,32+/m0/s1. The summed E-state index contributed by atoms with van der Waals surface area (Å²) in [7, 11) is 4.19. The normalized spacial score (nSPS) is 24.2. The minimum absolute atomic E-state index is 0.141. The molecule has 9 nitrogen and oxygen atoms in total. The molecule has 2 aliphatic heterocycles. The minimum atomic E-state index is -0.397. The lowest BCUT2D eigenvalue weighted by Crippen LogP contribution is -2.55. The Morgan fingerprint density at radius 1 is 1.22 bits per heavy atom. The molecule has 0 radical (unpaired) electrons. The second kappa shape index (κ2) is 11.0. The molecule has 2 aliphatic carbocycles. The molecule has 2 fully saturated rings. The highest BCUT2D eigenvalue weighted by molar-refractivity contribution is 5.87. The van der Waals surface area contributed by atoms with E-state index in [1.807, 2.05) is 0 Å². The van der Waals surface area contributed by atoms with Gasteiger partial charge in [-0.15, -0.1) is 0 Å². The largest absolute Gasteiger partial charge is 0.466 e. The van der Waals surface area contributed by atoms with Crippen LogP contribution in [-0.2, 0) is 23.2 Å². The molecule has 1 aromatic carbocycles. The number of carbonyl (C=O) groups excluding carboxylic acids is 1. The molecule has 1 saturated heterocycles. The fourth-order valence-corrected chi connectivity index (χ4v) is 7.02. The smallest absolute Gasteiger partial charge is 0.321 e. The van der Waals surface area contributed by atoms with Crippen molar-refractivity contribution in [2.24, 2.45) is 5.41 Å². The van der Waals surface area contributed by atoms with Gasteiger partial charge in [-0.05, 0) is 76.2 Å². The van der Waals surface area contributed by atoms with Crippen LogP contribution < -0.4 is 14.4 Å². The van der Waals surface area contributed by atoms with Gasteiger partial charge >= 0.3 is 6.01 Å². The number of piperazine rings is 1. The number of carbonyl (C=O) groups is 1. The minimum Gasteiger partial charge on any atom is -0.466 e. The predicted molar refractivity (Wildman–Crippen MR) is 156 cm³/mol. The first-order valence-corrected chi connectivity index (χ1v) is 14.9. The molecule has 9 heteroatoms. The lowest BCUT2D eigenvalue weighted by atomic mass is 9.75. The van der Waals surface area contributed by atoms with Gasteiger partial charge in [0.2, 0.25) is 11.8 Å². The van der Waals surface area contributed by atoms with Crippen molar-refractivity contribution in [1.29, 1.82) is 5.26 Å². The molecule has 0 bridgehead atoms. The third-order valence-corrected chi connectivity index (χ3v) is 9.22. The summed E-state index contributed by atoms with van der Waals surface area (Å²) < 4.78 is 13.3. The first-order chi connectivity index (χ1) is 19.9. The van der Waals surface area contributed by atoms with Gasteiger partial charge in [-0.1, -0.05) is 30.8 Å². The van der Waals surface area contributed by atoms with Crippen LogP contribution in [0.5, 0.6) is 11.9 Å². The molecule has 2 atom stereocenters. The number of aryl methyl sites for hydroxylation is 1. The number of nitriles is 1. The highest BCUT2D eigenvalue weighted by Crippen LogP contribution is 2.49. The van der Waals surface area contributed by atoms with Crippen molar-refractivity contribution < 1.29 is 14.3 Å². The Balaban J connectivity index is 1.34. The third kappa shape index (κ3) is 5.38. The number of nitrogens with zero attached hydrogens (tertiary/aromatic N) is 6. The average molecular weight is 557 g/mol. The Bertz CT molecular complexity index is 1370. The lowest BCUT2D eigenvalue weighted by Gasteiger charge is -2.44. The van der Waals surface area contributed by atoms with Crippen LogP contribution in [0.3, 0.4) is 0 Å². The zero-order chi connectivity index (χ0) is 28.6. The average Bonchev–Trinajstić information content (AvgIpc) is 3.74. The fourth-order valence-electron chi connectivity index (χ4n) is 7.02.